The first-order chi connectivity index (χ1) is 12.4. The Kier molecular flexibility index (Phi) is 5.33. The van der Waals surface area contributed by atoms with Crippen LogP contribution in [0.2, 0.25) is 0 Å². The van der Waals surface area contributed by atoms with Crippen molar-refractivity contribution >= 4 is 16.0 Å². The summed E-state index contributed by atoms with van der Waals surface area (Å²) in [6.45, 7) is 1.000. The molecule has 3 rings (SSSR count). The fourth-order valence-electron chi connectivity index (χ4n) is 3.39. The van der Waals surface area contributed by atoms with Crippen LogP contribution in [0, 0.1) is 5.92 Å². The van der Waals surface area contributed by atoms with Gasteiger partial charge in [-0.15, -0.1) is 0 Å². The largest absolute Gasteiger partial charge is 0.478 e. The van der Waals surface area contributed by atoms with Crippen LogP contribution in [0.25, 0.3) is 11.3 Å². The number of sulfonamides is 1. The van der Waals surface area contributed by atoms with Crippen molar-refractivity contribution in [2.24, 2.45) is 5.92 Å². The number of piperidine rings is 1. The lowest BCUT2D eigenvalue weighted by Crippen LogP contribution is -2.39. The molecule has 1 fully saturated rings. The van der Waals surface area contributed by atoms with Crippen LogP contribution in [-0.4, -0.2) is 53.1 Å². The Balaban J connectivity index is 1.90. The lowest BCUT2D eigenvalue weighted by Gasteiger charge is -2.31. The van der Waals surface area contributed by atoms with Crippen LogP contribution < -0.4 is 0 Å². The first-order valence-corrected chi connectivity index (χ1v) is 10.3. The standard InChI is InChI=1S/C18H21N3O4S/c1-26(24,25)21-10-4-5-13(12-21)11-16-17(20-9-8-19-16)14-6-2-3-7-15(14)18(22)23/h2-3,6-9,13H,4-5,10-12H2,1H3,(H,22,23)/t13-/m0/s1. The molecule has 0 saturated carbocycles. The average molecular weight is 375 g/mol. The van der Waals surface area contributed by atoms with Crippen LogP contribution in [0.5, 0.6) is 0 Å². The third-order valence-electron chi connectivity index (χ3n) is 4.62. The molecular weight excluding hydrogens is 354 g/mol. The highest BCUT2D eigenvalue weighted by Crippen LogP contribution is 2.28. The van der Waals surface area contributed by atoms with E-state index in [9.17, 15) is 18.3 Å². The van der Waals surface area contributed by atoms with Gasteiger partial charge in [-0.1, -0.05) is 18.2 Å². The van der Waals surface area contributed by atoms with E-state index in [2.05, 4.69) is 9.97 Å². The molecule has 1 N–H and O–H groups in total. The van der Waals surface area contributed by atoms with Crippen LogP contribution in [0.3, 0.4) is 0 Å². The van der Waals surface area contributed by atoms with Gasteiger partial charge in [0.1, 0.15) is 0 Å². The molecule has 8 heteroatoms. The average Bonchev–Trinajstić information content (AvgIpc) is 2.62. The van der Waals surface area contributed by atoms with Gasteiger partial charge in [0.15, 0.2) is 0 Å². The maximum absolute atomic E-state index is 11.8. The van der Waals surface area contributed by atoms with Crippen LogP contribution >= 0.6 is 0 Å². The molecule has 1 atom stereocenters. The molecule has 0 spiro atoms. The molecule has 0 radical (unpaired) electrons. The van der Waals surface area contributed by atoms with Gasteiger partial charge in [-0.3, -0.25) is 9.97 Å². The van der Waals surface area contributed by atoms with E-state index in [1.54, 1.807) is 36.7 Å². The summed E-state index contributed by atoms with van der Waals surface area (Å²) in [6.07, 6.45) is 6.62. The zero-order chi connectivity index (χ0) is 18.7. The van der Waals surface area contributed by atoms with Gasteiger partial charge in [0.05, 0.1) is 23.2 Å². The van der Waals surface area contributed by atoms with E-state index in [0.717, 1.165) is 12.8 Å². The van der Waals surface area contributed by atoms with Crippen molar-refractivity contribution in [1.82, 2.24) is 14.3 Å². The molecule has 1 aromatic heterocycles. The highest BCUT2D eigenvalue weighted by Gasteiger charge is 2.27. The molecule has 0 aliphatic carbocycles. The molecule has 7 nitrogen and oxygen atoms in total. The van der Waals surface area contributed by atoms with Gasteiger partial charge in [-0.2, -0.15) is 0 Å². The van der Waals surface area contributed by atoms with E-state index in [1.807, 2.05) is 0 Å². The van der Waals surface area contributed by atoms with Crippen molar-refractivity contribution in [3.8, 4) is 11.3 Å². The normalized spacial score (nSPS) is 18.6. The van der Waals surface area contributed by atoms with Gasteiger partial charge >= 0.3 is 5.97 Å². The summed E-state index contributed by atoms with van der Waals surface area (Å²) >= 11 is 0. The van der Waals surface area contributed by atoms with Gasteiger partial charge in [-0.05, 0) is 31.2 Å². The van der Waals surface area contributed by atoms with Crippen molar-refractivity contribution < 1.29 is 18.3 Å². The summed E-state index contributed by atoms with van der Waals surface area (Å²) in [7, 11) is -3.21. The summed E-state index contributed by atoms with van der Waals surface area (Å²) in [5.41, 5.74) is 1.94. The number of aromatic nitrogens is 2. The number of carboxylic acid groups (broad SMARTS) is 1. The predicted molar refractivity (Wildman–Crippen MR) is 97.3 cm³/mol. The molecule has 1 aliphatic rings. The number of benzene rings is 1. The second-order valence-corrected chi connectivity index (χ2v) is 8.52. The van der Waals surface area contributed by atoms with Crippen LogP contribution in [0.1, 0.15) is 28.9 Å². The molecule has 2 aromatic rings. The highest BCUT2D eigenvalue weighted by molar-refractivity contribution is 7.88. The molecule has 1 saturated heterocycles. The van der Waals surface area contributed by atoms with Crippen molar-refractivity contribution in [2.75, 3.05) is 19.3 Å². The van der Waals surface area contributed by atoms with Crippen molar-refractivity contribution in [2.45, 2.75) is 19.3 Å². The summed E-state index contributed by atoms with van der Waals surface area (Å²) < 4.78 is 25.2. The maximum Gasteiger partial charge on any atom is 0.336 e. The minimum atomic E-state index is -3.21. The van der Waals surface area contributed by atoms with Crippen LogP contribution in [-0.2, 0) is 16.4 Å². The Labute approximate surface area is 152 Å². The predicted octanol–water partition coefficient (Wildman–Crippen LogP) is 2.06. The molecule has 0 bridgehead atoms. The van der Waals surface area contributed by atoms with Crippen LogP contribution in [0.15, 0.2) is 36.7 Å². The number of nitrogens with zero attached hydrogens (tertiary/aromatic N) is 3. The Morgan fingerprint density at radius 1 is 1.27 bits per heavy atom. The second-order valence-electron chi connectivity index (χ2n) is 6.54. The van der Waals surface area contributed by atoms with Crippen LogP contribution in [0.4, 0.5) is 0 Å². The number of hydrogen-bond acceptors (Lipinski definition) is 5. The van der Waals surface area contributed by atoms with Crippen molar-refractivity contribution in [3.05, 3.63) is 47.9 Å². The van der Waals surface area contributed by atoms with Crippen molar-refractivity contribution in [1.29, 1.82) is 0 Å². The topological polar surface area (TPSA) is 100 Å². The monoisotopic (exact) mass is 375 g/mol. The molecule has 0 amide bonds. The van der Waals surface area contributed by atoms with E-state index in [4.69, 9.17) is 0 Å². The summed E-state index contributed by atoms with van der Waals surface area (Å²) in [5.74, 6) is -0.885. The van der Waals surface area contributed by atoms with Crippen molar-refractivity contribution in [3.63, 3.8) is 0 Å². The summed E-state index contributed by atoms with van der Waals surface area (Å²) in [5, 5.41) is 9.44. The summed E-state index contributed by atoms with van der Waals surface area (Å²) in [4.78, 5) is 20.3. The summed E-state index contributed by atoms with van der Waals surface area (Å²) in [6, 6.07) is 6.71. The minimum Gasteiger partial charge on any atom is -0.478 e. The van der Waals surface area contributed by atoms with Gasteiger partial charge in [0, 0.05) is 31.0 Å². The Hall–Kier alpha value is -2.32. The van der Waals surface area contributed by atoms with E-state index in [1.165, 1.54) is 10.6 Å². The Bertz CT molecular complexity index is 914. The lowest BCUT2D eigenvalue weighted by molar-refractivity contribution is 0.0697. The molecule has 138 valence electrons. The first-order valence-electron chi connectivity index (χ1n) is 8.44. The zero-order valence-corrected chi connectivity index (χ0v) is 15.3. The van der Waals surface area contributed by atoms with E-state index < -0.39 is 16.0 Å². The SMILES string of the molecule is CS(=O)(=O)N1CCC[C@@H](Cc2nccnc2-c2ccccc2C(=O)O)C1. The van der Waals surface area contributed by atoms with E-state index in [0.29, 0.717) is 36.5 Å². The third kappa shape index (κ3) is 4.08. The fraction of sp³-hybridized carbons (Fsp3) is 0.389. The first kappa shape index (κ1) is 18.5. The number of rotatable bonds is 5. The molecule has 1 aromatic carbocycles. The lowest BCUT2D eigenvalue weighted by atomic mass is 9.92. The molecule has 2 heterocycles. The third-order valence-corrected chi connectivity index (χ3v) is 5.89. The number of aromatic carboxylic acids is 1. The molecule has 0 unspecified atom stereocenters. The number of hydrogen-bond donors (Lipinski definition) is 1. The highest BCUT2D eigenvalue weighted by atomic mass is 32.2. The number of carboxylic acids is 1. The zero-order valence-electron chi connectivity index (χ0n) is 14.5. The van der Waals surface area contributed by atoms with Gasteiger partial charge in [0.25, 0.3) is 0 Å². The fourth-order valence-corrected chi connectivity index (χ4v) is 4.33. The van der Waals surface area contributed by atoms with Gasteiger partial charge in [0.2, 0.25) is 10.0 Å². The van der Waals surface area contributed by atoms with E-state index >= 15 is 0 Å². The Morgan fingerprint density at radius 3 is 2.73 bits per heavy atom. The quantitative estimate of drug-likeness (QED) is 0.858. The van der Waals surface area contributed by atoms with Gasteiger partial charge in [-0.25, -0.2) is 17.5 Å². The van der Waals surface area contributed by atoms with E-state index in [-0.39, 0.29) is 11.5 Å². The molecule has 1 aliphatic heterocycles. The molecule has 26 heavy (non-hydrogen) atoms. The second kappa shape index (κ2) is 7.51. The molecular formula is C18H21N3O4S. The number of carbonyl (C=O) groups is 1. The minimum absolute atomic E-state index is 0.130. The maximum atomic E-state index is 11.8. The Morgan fingerprint density at radius 2 is 2.00 bits per heavy atom. The smallest absolute Gasteiger partial charge is 0.336 e. The van der Waals surface area contributed by atoms with Gasteiger partial charge < -0.3 is 5.11 Å².